The second kappa shape index (κ2) is 4.89. The van der Waals surface area contributed by atoms with E-state index in [2.05, 4.69) is 5.10 Å². The van der Waals surface area contributed by atoms with Crippen LogP contribution >= 0.6 is 0 Å². The maximum absolute atomic E-state index is 12.9. The van der Waals surface area contributed by atoms with E-state index in [1.54, 1.807) is 16.8 Å². The first-order chi connectivity index (χ1) is 9.65. The molecule has 0 aliphatic carbocycles. The topological polar surface area (TPSA) is 34.9 Å². The summed E-state index contributed by atoms with van der Waals surface area (Å²) in [6.07, 6.45) is 0. The second-order valence-corrected chi connectivity index (χ2v) is 4.71. The highest BCUT2D eigenvalue weighted by Gasteiger charge is 2.13. The first kappa shape index (κ1) is 12.5. The summed E-state index contributed by atoms with van der Waals surface area (Å²) in [5, 5.41) is 5.23. The lowest BCUT2D eigenvalue weighted by Crippen LogP contribution is -2.03. The van der Waals surface area contributed by atoms with Crippen LogP contribution in [0, 0.1) is 5.82 Å². The van der Waals surface area contributed by atoms with E-state index < -0.39 is 0 Å². The van der Waals surface area contributed by atoms with Gasteiger partial charge in [0.2, 0.25) is 0 Å². The van der Waals surface area contributed by atoms with Gasteiger partial charge in [-0.15, -0.1) is 0 Å². The molecule has 0 spiro atoms. The van der Waals surface area contributed by atoms with Gasteiger partial charge >= 0.3 is 0 Å². The molecule has 0 aliphatic rings. The van der Waals surface area contributed by atoms with Gasteiger partial charge in [0.15, 0.2) is 5.78 Å². The van der Waals surface area contributed by atoms with Crippen molar-refractivity contribution in [3.8, 4) is 0 Å². The number of hydrogen-bond donors (Lipinski definition) is 0. The van der Waals surface area contributed by atoms with Crippen LogP contribution in [0.2, 0.25) is 0 Å². The first-order valence-corrected chi connectivity index (χ1v) is 6.36. The van der Waals surface area contributed by atoms with Crippen molar-refractivity contribution in [2.45, 2.75) is 13.5 Å². The largest absolute Gasteiger partial charge is 0.293 e. The SMILES string of the molecule is CC(=O)c1nn(Cc2ccc(F)cc2)c2ccccc12. The van der Waals surface area contributed by atoms with Gasteiger partial charge in [0.1, 0.15) is 11.5 Å². The molecule has 20 heavy (non-hydrogen) atoms. The van der Waals surface area contributed by atoms with E-state index in [-0.39, 0.29) is 11.6 Å². The number of carbonyl (C=O) groups excluding carboxylic acids is 1. The van der Waals surface area contributed by atoms with Gasteiger partial charge in [-0.05, 0) is 23.8 Å². The molecular weight excluding hydrogens is 255 g/mol. The van der Waals surface area contributed by atoms with E-state index in [1.165, 1.54) is 19.1 Å². The summed E-state index contributed by atoms with van der Waals surface area (Å²) < 4.78 is 14.7. The van der Waals surface area contributed by atoms with Crippen molar-refractivity contribution in [1.29, 1.82) is 0 Å². The van der Waals surface area contributed by atoms with Gasteiger partial charge in [-0.2, -0.15) is 5.10 Å². The highest BCUT2D eigenvalue weighted by atomic mass is 19.1. The average Bonchev–Trinajstić information content (AvgIpc) is 2.81. The third-order valence-electron chi connectivity index (χ3n) is 3.24. The Labute approximate surface area is 115 Å². The normalized spacial score (nSPS) is 10.9. The van der Waals surface area contributed by atoms with Gasteiger partial charge < -0.3 is 0 Å². The van der Waals surface area contributed by atoms with Crippen LogP contribution in [0.1, 0.15) is 23.0 Å². The van der Waals surface area contributed by atoms with Crippen molar-refractivity contribution in [2.75, 3.05) is 0 Å². The van der Waals surface area contributed by atoms with Crippen molar-refractivity contribution >= 4 is 16.7 Å². The summed E-state index contributed by atoms with van der Waals surface area (Å²) in [5.74, 6) is -0.317. The van der Waals surface area contributed by atoms with E-state index in [4.69, 9.17) is 0 Å². The number of ketones is 1. The van der Waals surface area contributed by atoms with E-state index >= 15 is 0 Å². The Bertz CT molecular complexity index is 775. The smallest absolute Gasteiger partial charge is 0.180 e. The van der Waals surface area contributed by atoms with Gasteiger partial charge in [0.05, 0.1) is 12.1 Å². The molecule has 2 aromatic carbocycles. The Kier molecular flexibility index (Phi) is 3.06. The minimum Gasteiger partial charge on any atom is -0.293 e. The Balaban J connectivity index is 2.07. The number of hydrogen-bond acceptors (Lipinski definition) is 2. The molecule has 100 valence electrons. The molecule has 3 aromatic rings. The monoisotopic (exact) mass is 268 g/mol. The number of carbonyl (C=O) groups is 1. The van der Waals surface area contributed by atoms with Crippen LogP contribution in [0.3, 0.4) is 0 Å². The molecule has 0 bridgehead atoms. The van der Waals surface area contributed by atoms with E-state index in [0.717, 1.165) is 16.5 Å². The number of nitrogens with zero attached hydrogens (tertiary/aromatic N) is 2. The lowest BCUT2D eigenvalue weighted by Gasteiger charge is -2.03. The van der Waals surface area contributed by atoms with E-state index in [1.807, 2.05) is 24.3 Å². The average molecular weight is 268 g/mol. The number of para-hydroxylation sites is 1. The van der Waals surface area contributed by atoms with E-state index in [0.29, 0.717) is 12.2 Å². The molecule has 4 heteroatoms. The zero-order chi connectivity index (χ0) is 14.1. The maximum Gasteiger partial charge on any atom is 0.180 e. The van der Waals surface area contributed by atoms with Gasteiger partial charge in [0, 0.05) is 12.3 Å². The summed E-state index contributed by atoms with van der Waals surface area (Å²) in [6, 6.07) is 13.9. The van der Waals surface area contributed by atoms with Gasteiger partial charge in [-0.25, -0.2) is 4.39 Å². The summed E-state index contributed by atoms with van der Waals surface area (Å²) in [4.78, 5) is 11.6. The Hall–Kier alpha value is -2.49. The predicted molar refractivity (Wildman–Crippen MR) is 75.2 cm³/mol. The van der Waals surface area contributed by atoms with Crippen molar-refractivity contribution in [2.24, 2.45) is 0 Å². The molecular formula is C16H13FN2O. The quantitative estimate of drug-likeness (QED) is 0.682. The highest BCUT2D eigenvalue weighted by molar-refractivity contribution is 6.04. The van der Waals surface area contributed by atoms with Crippen molar-refractivity contribution in [3.05, 3.63) is 65.6 Å². The zero-order valence-electron chi connectivity index (χ0n) is 11.0. The van der Waals surface area contributed by atoms with E-state index in [9.17, 15) is 9.18 Å². The fourth-order valence-electron chi connectivity index (χ4n) is 2.27. The third kappa shape index (κ3) is 2.20. The van der Waals surface area contributed by atoms with Crippen LogP contribution in [0.25, 0.3) is 10.9 Å². The molecule has 0 aliphatic heterocycles. The summed E-state index contributed by atoms with van der Waals surface area (Å²) in [5.41, 5.74) is 2.32. The third-order valence-corrected chi connectivity index (χ3v) is 3.24. The maximum atomic E-state index is 12.9. The summed E-state index contributed by atoms with van der Waals surface area (Å²) in [6.45, 7) is 2.02. The standard InChI is InChI=1S/C16H13FN2O/c1-11(20)16-14-4-2-3-5-15(14)19(18-16)10-12-6-8-13(17)9-7-12/h2-9H,10H2,1H3. The number of aromatic nitrogens is 2. The predicted octanol–water partition coefficient (Wildman–Crippen LogP) is 3.43. The fourth-order valence-corrected chi connectivity index (χ4v) is 2.27. The molecule has 0 saturated heterocycles. The number of rotatable bonds is 3. The molecule has 0 saturated carbocycles. The fraction of sp³-hybridized carbons (Fsp3) is 0.125. The Morgan fingerprint density at radius 1 is 1.15 bits per heavy atom. The minimum absolute atomic E-state index is 0.0564. The molecule has 1 aromatic heterocycles. The molecule has 3 rings (SSSR count). The highest BCUT2D eigenvalue weighted by Crippen LogP contribution is 2.20. The zero-order valence-corrected chi connectivity index (χ0v) is 11.0. The van der Waals surface area contributed by atoms with Crippen LogP contribution in [-0.4, -0.2) is 15.6 Å². The van der Waals surface area contributed by atoms with Gasteiger partial charge in [-0.3, -0.25) is 9.48 Å². The Morgan fingerprint density at radius 2 is 1.85 bits per heavy atom. The molecule has 0 unspecified atom stereocenters. The molecule has 0 atom stereocenters. The minimum atomic E-state index is -0.261. The second-order valence-electron chi connectivity index (χ2n) is 4.71. The first-order valence-electron chi connectivity index (χ1n) is 6.36. The van der Waals surface area contributed by atoms with Gasteiger partial charge in [0.25, 0.3) is 0 Å². The Morgan fingerprint density at radius 3 is 2.55 bits per heavy atom. The van der Waals surface area contributed by atoms with Crippen LogP contribution in [-0.2, 0) is 6.54 Å². The van der Waals surface area contributed by atoms with Crippen molar-refractivity contribution in [3.63, 3.8) is 0 Å². The van der Waals surface area contributed by atoms with Crippen LogP contribution in [0.5, 0.6) is 0 Å². The van der Waals surface area contributed by atoms with Crippen molar-refractivity contribution < 1.29 is 9.18 Å². The lowest BCUT2D eigenvalue weighted by molar-refractivity contribution is 0.101. The van der Waals surface area contributed by atoms with Gasteiger partial charge in [-0.1, -0.05) is 30.3 Å². The molecule has 1 heterocycles. The molecule has 0 radical (unpaired) electrons. The molecule has 3 nitrogen and oxygen atoms in total. The number of fused-ring (bicyclic) bond motifs is 1. The molecule has 0 amide bonds. The van der Waals surface area contributed by atoms with Crippen molar-refractivity contribution in [1.82, 2.24) is 9.78 Å². The number of halogens is 1. The van der Waals surface area contributed by atoms with Crippen LogP contribution < -0.4 is 0 Å². The number of Topliss-reactive ketones (excluding diaryl/α,β-unsaturated/α-hetero) is 1. The molecule has 0 N–H and O–H groups in total. The van der Waals surface area contributed by atoms with Crippen LogP contribution in [0.15, 0.2) is 48.5 Å². The lowest BCUT2D eigenvalue weighted by atomic mass is 10.1. The van der Waals surface area contributed by atoms with Crippen LogP contribution in [0.4, 0.5) is 4.39 Å². The molecule has 0 fully saturated rings. The summed E-state index contributed by atoms with van der Waals surface area (Å²) in [7, 11) is 0. The number of benzene rings is 2. The summed E-state index contributed by atoms with van der Waals surface area (Å²) >= 11 is 0.